The van der Waals surface area contributed by atoms with Gasteiger partial charge in [-0.05, 0) is 29.1 Å². The van der Waals surface area contributed by atoms with Crippen molar-refractivity contribution in [2.45, 2.75) is 0 Å². The Bertz CT molecular complexity index is 925. The standard InChI is InChI=1S/C17H11ClN3O2/c18-13-7-3-4-8-14(13)20-17(23)12-9-10-5-1-2-6-11(10)15(21-19)16(12)22/h1-9,22H,(H,20,23). The van der Waals surface area contributed by atoms with Gasteiger partial charge in [0.15, 0.2) is 5.75 Å². The van der Waals surface area contributed by atoms with Gasteiger partial charge < -0.3 is 10.4 Å². The monoisotopic (exact) mass is 324 g/mol. The molecule has 23 heavy (non-hydrogen) atoms. The fourth-order valence-corrected chi connectivity index (χ4v) is 2.53. The number of nitrogens with zero attached hydrogens (tertiary/aromatic N) is 2. The molecule has 1 radical (unpaired) electrons. The minimum atomic E-state index is -0.550. The summed E-state index contributed by atoms with van der Waals surface area (Å²) in [6.07, 6.45) is 0. The van der Waals surface area contributed by atoms with Crippen LogP contribution in [0.2, 0.25) is 5.02 Å². The first-order valence-electron chi connectivity index (χ1n) is 6.77. The van der Waals surface area contributed by atoms with Gasteiger partial charge in [0.1, 0.15) is 5.69 Å². The van der Waals surface area contributed by atoms with Gasteiger partial charge in [-0.3, -0.25) is 4.79 Å². The lowest BCUT2D eigenvalue weighted by atomic mass is 10.0. The molecule has 0 aliphatic carbocycles. The quantitative estimate of drug-likeness (QED) is 0.702. The van der Waals surface area contributed by atoms with E-state index in [9.17, 15) is 9.90 Å². The summed E-state index contributed by atoms with van der Waals surface area (Å²) >= 11 is 6.01. The Kier molecular flexibility index (Phi) is 3.95. The van der Waals surface area contributed by atoms with Crippen LogP contribution >= 0.6 is 11.6 Å². The van der Waals surface area contributed by atoms with E-state index in [1.54, 1.807) is 48.5 Å². The molecule has 113 valence electrons. The van der Waals surface area contributed by atoms with E-state index >= 15 is 0 Å². The fraction of sp³-hybridized carbons (Fsp3) is 0. The summed E-state index contributed by atoms with van der Waals surface area (Å²) in [6.45, 7) is 0. The Labute approximate surface area is 137 Å². The van der Waals surface area contributed by atoms with Gasteiger partial charge in [-0.25, -0.2) is 0 Å². The third-order valence-corrected chi connectivity index (χ3v) is 3.79. The van der Waals surface area contributed by atoms with E-state index in [0.717, 1.165) is 0 Å². The van der Waals surface area contributed by atoms with Gasteiger partial charge in [-0.15, -0.1) is 5.11 Å². The lowest BCUT2D eigenvalue weighted by Gasteiger charge is -2.11. The number of hydrogen-bond donors (Lipinski definition) is 2. The van der Waals surface area contributed by atoms with Crippen LogP contribution in [-0.2, 0) is 0 Å². The molecule has 2 N–H and O–H groups in total. The second-order valence-electron chi connectivity index (χ2n) is 4.88. The minimum Gasteiger partial charge on any atom is -0.505 e. The third-order valence-electron chi connectivity index (χ3n) is 3.46. The highest BCUT2D eigenvalue weighted by Crippen LogP contribution is 2.38. The maximum atomic E-state index is 12.4. The Morgan fingerprint density at radius 1 is 1.13 bits per heavy atom. The molecule has 0 saturated carbocycles. The molecule has 6 heteroatoms. The van der Waals surface area contributed by atoms with E-state index in [0.29, 0.717) is 21.5 Å². The van der Waals surface area contributed by atoms with Crippen molar-refractivity contribution < 1.29 is 9.90 Å². The number of aromatic hydroxyl groups is 1. The molecular formula is C17H11ClN3O2. The smallest absolute Gasteiger partial charge is 0.259 e. The predicted molar refractivity (Wildman–Crippen MR) is 89.2 cm³/mol. The number of nitrogens with one attached hydrogen (secondary N) is 1. The first-order valence-corrected chi connectivity index (χ1v) is 7.15. The molecule has 3 aromatic rings. The molecule has 0 fully saturated rings. The van der Waals surface area contributed by atoms with Gasteiger partial charge in [0, 0.05) is 5.39 Å². The van der Waals surface area contributed by atoms with Crippen LogP contribution in [0.15, 0.2) is 59.7 Å². The molecule has 3 rings (SSSR count). The molecule has 0 atom stereocenters. The first-order chi connectivity index (χ1) is 11.1. The van der Waals surface area contributed by atoms with E-state index < -0.39 is 11.7 Å². The zero-order valence-electron chi connectivity index (χ0n) is 11.8. The van der Waals surface area contributed by atoms with Crippen molar-refractivity contribution in [1.29, 1.82) is 0 Å². The fourth-order valence-electron chi connectivity index (χ4n) is 2.34. The topological polar surface area (TPSA) is 84.0 Å². The van der Waals surface area contributed by atoms with Crippen molar-refractivity contribution in [3.05, 3.63) is 65.2 Å². The summed E-state index contributed by atoms with van der Waals surface area (Å²) in [5.74, 6) is -0.943. The van der Waals surface area contributed by atoms with Crippen molar-refractivity contribution in [3.8, 4) is 5.75 Å². The van der Waals surface area contributed by atoms with Crippen LogP contribution in [0.3, 0.4) is 0 Å². The predicted octanol–water partition coefficient (Wildman–Crippen LogP) is 4.33. The summed E-state index contributed by atoms with van der Waals surface area (Å²) in [7, 11) is 0. The zero-order chi connectivity index (χ0) is 16.4. The molecule has 5 nitrogen and oxygen atoms in total. The van der Waals surface area contributed by atoms with Crippen LogP contribution in [0.4, 0.5) is 11.4 Å². The second kappa shape index (κ2) is 6.06. The van der Waals surface area contributed by atoms with Gasteiger partial charge in [0.25, 0.3) is 5.91 Å². The van der Waals surface area contributed by atoms with Gasteiger partial charge in [0.2, 0.25) is 0 Å². The average Bonchev–Trinajstić information content (AvgIpc) is 2.56. The first kappa shape index (κ1) is 15.0. The largest absolute Gasteiger partial charge is 0.505 e. The lowest BCUT2D eigenvalue weighted by molar-refractivity contribution is 0.102. The molecule has 0 unspecified atom stereocenters. The van der Waals surface area contributed by atoms with Crippen molar-refractivity contribution in [1.82, 2.24) is 5.53 Å². The summed E-state index contributed by atoms with van der Waals surface area (Å²) in [5.41, 5.74) is 9.54. The summed E-state index contributed by atoms with van der Waals surface area (Å²) in [5, 5.41) is 17.6. The maximum absolute atomic E-state index is 12.4. The van der Waals surface area contributed by atoms with E-state index in [-0.39, 0.29) is 11.3 Å². The molecule has 0 aliphatic rings. The number of benzene rings is 3. The molecular weight excluding hydrogens is 314 g/mol. The Balaban J connectivity index is 2.09. The maximum Gasteiger partial charge on any atom is 0.259 e. The number of carbonyl (C=O) groups is 1. The van der Waals surface area contributed by atoms with Crippen LogP contribution in [0.25, 0.3) is 10.8 Å². The third kappa shape index (κ3) is 2.74. The molecule has 0 spiro atoms. The number of phenolic OH excluding ortho intramolecular Hbond substituents is 1. The van der Waals surface area contributed by atoms with Crippen LogP contribution in [0.5, 0.6) is 5.75 Å². The Hall–Kier alpha value is -2.92. The zero-order valence-corrected chi connectivity index (χ0v) is 12.6. The highest BCUT2D eigenvalue weighted by atomic mass is 35.5. The molecule has 0 bridgehead atoms. The molecule has 0 aliphatic heterocycles. The molecule has 0 saturated heterocycles. The highest BCUT2D eigenvalue weighted by Gasteiger charge is 2.18. The number of rotatable bonds is 3. The van der Waals surface area contributed by atoms with Crippen LogP contribution in [0.1, 0.15) is 10.4 Å². The second-order valence-corrected chi connectivity index (χ2v) is 5.28. The van der Waals surface area contributed by atoms with Crippen molar-refractivity contribution in [3.63, 3.8) is 0 Å². The number of para-hydroxylation sites is 1. The summed E-state index contributed by atoms with van der Waals surface area (Å²) < 4.78 is 0. The molecule has 0 aromatic heterocycles. The van der Waals surface area contributed by atoms with E-state index in [2.05, 4.69) is 10.4 Å². The van der Waals surface area contributed by atoms with Crippen molar-refractivity contribution >= 4 is 39.7 Å². The normalized spacial score (nSPS) is 10.5. The van der Waals surface area contributed by atoms with E-state index in [1.807, 2.05) is 0 Å². The van der Waals surface area contributed by atoms with Crippen LogP contribution < -0.4 is 10.8 Å². The number of phenols is 1. The van der Waals surface area contributed by atoms with Crippen LogP contribution in [-0.4, -0.2) is 11.0 Å². The number of carbonyl (C=O) groups excluding carboxylic acids is 1. The average molecular weight is 325 g/mol. The lowest BCUT2D eigenvalue weighted by Crippen LogP contribution is -2.12. The van der Waals surface area contributed by atoms with Crippen molar-refractivity contribution in [2.24, 2.45) is 5.11 Å². The highest BCUT2D eigenvalue weighted by molar-refractivity contribution is 6.34. The summed E-state index contributed by atoms with van der Waals surface area (Å²) in [4.78, 5) is 12.4. The minimum absolute atomic E-state index is 0.00332. The molecule has 0 heterocycles. The van der Waals surface area contributed by atoms with Crippen molar-refractivity contribution in [2.75, 3.05) is 5.32 Å². The van der Waals surface area contributed by atoms with E-state index in [1.165, 1.54) is 6.07 Å². The number of halogens is 1. The number of hydrogen-bond acceptors (Lipinski definition) is 3. The summed E-state index contributed by atoms with van der Waals surface area (Å²) in [6, 6.07) is 15.3. The van der Waals surface area contributed by atoms with Gasteiger partial charge >= 0.3 is 0 Å². The number of fused-ring (bicyclic) bond motifs is 1. The number of anilines is 1. The SMILES string of the molecule is [N]=Nc1c(O)c(C(=O)Nc2ccccc2Cl)cc2ccccc12. The Morgan fingerprint density at radius 2 is 1.83 bits per heavy atom. The Morgan fingerprint density at radius 3 is 2.57 bits per heavy atom. The van der Waals surface area contributed by atoms with E-state index in [4.69, 9.17) is 17.1 Å². The number of amides is 1. The van der Waals surface area contributed by atoms with Gasteiger partial charge in [-0.2, -0.15) is 0 Å². The van der Waals surface area contributed by atoms with Gasteiger partial charge in [0.05, 0.1) is 16.3 Å². The van der Waals surface area contributed by atoms with Crippen LogP contribution in [0, 0.1) is 0 Å². The van der Waals surface area contributed by atoms with Gasteiger partial charge in [-0.1, -0.05) is 48.0 Å². The molecule has 3 aromatic carbocycles. The molecule has 1 amide bonds.